The Bertz CT molecular complexity index is 204. The summed E-state index contributed by atoms with van der Waals surface area (Å²) in [5.41, 5.74) is 0.730. The number of carbonyl (C=O) groups is 1. The molecular formula is C12H23NO. The molecule has 0 unspecified atom stereocenters. The summed E-state index contributed by atoms with van der Waals surface area (Å²) in [5.74, 6) is 0. The van der Waals surface area contributed by atoms with Gasteiger partial charge in [-0.15, -0.1) is 0 Å². The molecule has 0 spiro atoms. The fourth-order valence-electron chi connectivity index (χ4n) is 3.16. The molecule has 1 fully saturated rings. The molecule has 0 N–H and O–H groups in total. The third-order valence-electron chi connectivity index (χ3n) is 3.28. The lowest BCUT2D eigenvalue weighted by Crippen LogP contribution is -2.44. The van der Waals surface area contributed by atoms with E-state index in [-0.39, 0.29) is 0 Å². The van der Waals surface area contributed by atoms with Crippen LogP contribution in [0.25, 0.3) is 0 Å². The molecule has 0 aromatic carbocycles. The minimum absolute atomic E-state index is 0.365. The largest absolute Gasteiger partial charge is 0.345 e. The summed E-state index contributed by atoms with van der Waals surface area (Å²) in [6, 6.07) is 0.422. The molecule has 0 saturated heterocycles. The normalized spacial score (nSPS) is 25.8. The number of nitrogens with zero attached hydrogens (tertiary/aromatic N) is 1. The predicted molar refractivity (Wildman–Crippen MR) is 59.0 cm³/mol. The summed E-state index contributed by atoms with van der Waals surface area (Å²) in [6.45, 7) is 9.22. The van der Waals surface area contributed by atoms with Gasteiger partial charge >= 0.3 is 0 Å². The van der Waals surface area contributed by atoms with Gasteiger partial charge in [-0.05, 0) is 30.1 Å². The topological polar surface area (TPSA) is 20.3 Å². The highest BCUT2D eigenvalue weighted by Crippen LogP contribution is 2.46. The molecule has 1 rings (SSSR count). The van der Waals surface area contributed by atoms with E-state index >= 15 is 0 Å². The molecule has 1 aliphatic carbocycles. The van der Waals surface area contributed by atoms with Crippen LogP contribution in [0.3, 0.4) is 0 Å². The average Bonchev–Trinajstić information content (AvgIpc) is 1.97. The average molecular weight is 197 g/mol. The van der Waals surface area contributed by atoms with Crippen LogP contribution in [-0.4, -0.2) is 24.4 Å². The maximum atomic E-state index is 10.8. The van der Waals surface area contributed by atoms with E-state index in [2.05, 4.69) is 27.7 Å². The maximum absolute atomic E-state index is 10.8. The number of amides is 1. The third-order valence-corrected chi connectivity index (χ3v) is 3.28. The Morgan fingerprint density at radius 3 is 1.93 bits per heavy atom. The van der Waals surface area contributed by atoms with Crippen molar-refractivity contribution >= 4 is 6.41 Å². The van der Waals surface area contributed by atoms with Crippen LogP contribution in [0.2, 0.25) is 0 Å². The highest BCUT2D eigenvalue weighted by atomic mass is 16.1. The molecule has 0 heterocycles. The number of carbonyl (C=O) groups excluding carboxylic acids is 1. The Hall–Kier alpha value is -0.530. The minimum Gasteiger partial charge on any atom is -0.345 e. The molecular weight excluding hydrogens is 174 g/mol. The molecule has 0 aromatic heterocycles. The van der Waals surface area contributed by atoms with Gasteiger partial charge in [0.2, 0.25) is 6.41 Å². The molecule has 2 heteroatoms. The molecule has 0 atom stereocenters. The monoisotopic (exact) mass is 197 g/mol. The fraction of sp³-hybridized carbons (Fsp3) is 0.917. The lowest BCUT2D eigenvalue weighted by Gasteiger charge is -2.46. The van der Waals surface area contributed by atoms with Gasteiger partial charge in [0.05, 0.1) is 0 Å². The van der Waals surface area contributed by atoms with Gasteiger partial charge in [0.1, 0.15) is 0 Å². The smallest absolute Gasteiger partial charge is 0.209 e. The molecule has 0 aromatic rings. The van der Waals surface area contributed by atoms with Gasteiger partial charge in [0.25, 0.3) is 0 Å². The fourth-order valence-corrected chi connectivity index (χ4v) is 3.16. The summed E-state index contributed by atoms with van der Waals surface area (Å²) in [4.78, 5) is 12.6. The number of hydrogen-bond donors (Lipinski definition) is 0. The Morgan fingerprint density at radius 2 is 1.57 bits per heavy atom. The standard InChI is InChI=1S/C12H23NO/c1-11(2)6-10(13(5)9-14)7-12(3,4)8-11/h9-10H,6-8H2,1-5H3. The van der Waals surface area contributed by atoms with Crippen molar-refractivity contribution in [2.24, 2.45) is 10.8 Å². The second kappa shape index (κ2) is 3.56. The van der Waals surface area contributed by atoms with Crippen LogP contribution in [0.15, 0.2) is 0 Å². The van der Waals surface area contributed by atoms with Gasteiger partial charge in [-0.25, -0.2) is 0 Å². The molecule has 0 aliphatic heterocycles. The van der Waals surface area contributed by atoms with Crippen LogP contribution < -0.4 is 0 Å². The van der Waals surface area contributed by atoms with E-state index in [0.717, 1.165) is 19.3 Å². The molecule has 0 bridgehead atoms. The Kier molecular flexibility index (Phi) is 2.93. The van der Waals surface area contributed by atoms with Gasteiger partial charge in [0.15, 0.2) is 0 Å². The van der Waals surface area contributed by atoms with E-state index in [0.29, 0.717) is 16.9 Å². The quantitative estimate of drug-likeness (QED) is 0.623. The van der Waals surface area contributed by atoms with Crippen molar-refractivity contribution in [3.63, 3.8) is 0 Å². The van der Waals surface area contributed by atoms with Crippen molar-refractivity contribution in [1.82, 2.24) is 4.90 Å². The first-order valence-corrected chi connectivity index (χ1v) is 5.43. The van der Waals surface area contributed by atoms with Crippen molar-refractivity contribution in [3.8, 4) is 0 Å². The lowest BCUT2D eigenvalue weighted by atomic mass is 9.63. The van der Waals surface area contributed by atoms with Crippen LogP contribution in [0.1, 0.15) is 47.0 Å². The number of hydrogen-bond acceptors (Lipinski definition) is 1. The van der Waals surface area contributed by atoms with E-state index in [4.69, 9.17) is 0 Å². The van der Waals surface area contributed by atoms with Crippen molar-refractivity contribution < 1.29 is 4.79 Å². The van der Waals surface area contributed by atoms with Crippen LogP contribution in [0.4, 0.5) is 0 Å². The Morgan fingerprint density at radius 1 is 1.14 bits per heavy atom. The maximum Gasteiger partial charge on any atom is 0.209 e. The zero-order chi connectivity index (χ0) is 11.0. The molecule has 14 heavy (non-hydrogen) atoms. The summed E-state index contributed by atoms with van der Waals surface area (Å²) in [5, 5.41) is 0. The molecule has 2 nitrogen and oxygen atoms in total. The third kappa shape index (κ3) is 2.73. The molecule has 1 saturated carbocycles. The van der Waals surface area contributed by atoms with E-state index in [9.17, 15) is 4.79 Å². The van der Waals surface area contributed by atoms with Crippen LogP contribution in [0, 0.1) is 10.8 Å². The summed E-state index contributed by atoms with van der Waals surface area (Å²) in [7, 11) is 1.90. The summed E-state index contributed by atoms with van der Waals surface area (Å²) < 4.78 is 0. The van der Waals surface area contributed by atoms with E-state index in [1.807, 2.05) is 11.9 Å². The van der Waals surface area contributed by atoms with E-state index < -0.39 is 0 Å². The van der Waals surface area contributed by atoms with Crippen molar-refractivity contribution in [2.75, 3.05) is 7.05 Å². The molecule has 82 valence electrons. The second-order valence-electron chi connectivity index (χ2n) is 6.34. The zero-order valence-corrected chi connectivity index (χ0v) is 10.1. The Labute approximate surface area is 87.7 Å². The van der Waals surface area contributed by atoms with Gasteiger partial charge in [0, 0.05) is 13.1 Å². The van der Waals surface area contributed by atoms with Gasteiger partial charge < -0.3 is 4.90 Å². The first-order chi connectivity index (χ1) is 6.26. The highest BCUT2D eigenvalue weighted by Gasteiger charge is 2.39. The predicted octanol–water partition coefficient (Wildman–Crippen LogP) is 2.68. The van der Waals surface area contributed by atoms with Crippen LogP contribution in [-0.2, 0) is 4.79 Å². The van der Waals surface area contributed by atoms with Crippen molar-refractivity contribution in [1.29, 1.82) is 0 Å². The minimum atomic E-state index is 0.365. The lowest BCUT2D eigenvalue weighted by molar-refractivity contribution is -0.121. The zero-order valence-electron chi connectivity index (χ0n) is 10.1. The van der Waals surface area contributed by atoms with Crippen molar-refractivity contribution in [2.45, 2.75) is 53.0 Å². The first kappa shape index (κ1) is 11.5. The Balaban J connectivity index is 2.76. The first-order valence-electron chi connectivity index (χ1n) is 5.43. The molecule has 1 amide bonds. The SMILES string of the molecule is CN(C=O)C1CC(C)(C)CC(C)(C)C1. The van der Waals surface area contributed by atoms with Crippen LogP contribution >= 0.6 is 0 Å². The van der Waals surface area contributed by atoms with E-state index in [1.165, 1.54) is 6.42 Å². The van der Waals surface area contributed by atoms with Crippen LogP contribution in [0.5, 0.6) is 0 Å². The molecule has 1 aliphatic rings. The van der Waals surface area contributed by atoms with Crippen molar-refractivity contribution in [3.05, 3.63) is 0 Å². The highest BCUT2D eigenvalue weighted by molar-refractivity contribution is 5.47. The number of rotatable bonds is 2. The summed E-state index contributed by atoms with van der Waals surface area (Å²) >= 11 is 0. The van der Waals surface area contributed by atoms with E-state index in [1.54, 1.807) is 0 Å². The van der Waals surface area contributed by atoms with Gasteiger partial charge in [-0.2, -0.15) is 0 Å². The molecule has 0 radical (unpaired) electrons. The van der Waals surface area contributed by atoms with Gasteiger partial charge in [-0.1, -0.05) is 27.7 Å². The second-order valence-corrected chi connectivity index (χ2v) is 6.34. The van der Waals surface area contributed by atoms with Gasteiger partial charge in [-0.3, -0.25) is 4.79 Å². The summed E-state index contributed by atoms with van der Waals surface area (Å²) in [6.07, 6.45) is 4.47.